The van der Waals surface area contributed by atoms with E-state index in [1.54, 1.807) is 42.5 Å². The molecule has 1 amide bonds. The van der Waals surface area contributed by atoms with Gasteiger partial charge in [0.2, 0.25) is 5.89 Å². The highest BCUT2D eigenvalue weighted by molar-refractivity contribution is 6.30. The van der Waals surface area contributed by atoms with Crippen LogP contribution in [0.1, 0.15) is 25.3 Å². The molecular formula is C24H21ClN2O3. The molecule has 1 aromatic heterocycles. The van der Waals surface area contributed by atoms with E-state index < -0.39 is 0 Å². The molecule has 6 heteroatoms. The van der Waals surface area contributed by atoms with E-state index in [0.717, 1.165) is 5.56 Å². The molecule has 5 nitrogen and oxygen atoms in total. The van der Waals surface area contributed by atoms with Gasteiger partial charge < -0.3 is 14.5 Å². The lowest BCUT2D eigenvalue weighted by atomic mass is 10.0. The van der Waals surface area contributed by atoms with Gasteiger partial charge in [-0.25, -0.2) is 4.98 Å². The fourth-order valence-corrected chi connectivity index (χ4v) is 3.14. The Morgan fingerprint density at radius 1 is 1.07 bits per heavy atom. The van der Waals surface area contributed by atoms with Gasteiger partial charge in [0.25, 0.3) is 5.91 Å². The number of carbonyl (C=O) groups excluding carboxylic acids is 1. The van der Waals surface area contributed by atoms with Crippen molar-refractivity contribution < 1.29 is 13.9 Å². The second-order valence-corrected chi connectivity index (χ2v) is 7.71. The molecule has 0 aliphatic rings. The molecule has 30 heavy (non-hydrogen) atoms. The van der Waals surface area contributed by atoms with Crippen molar-refractivity contribution in [2.45, 2.75) is 19.8 Å². The van der Waals surface area contributed by atoms with E-state index in [0.29, 0.717) is 39.4 Å². The average molecular weight is 421 g/mol. The number of nitrogens with one attached hydrogen (secondary N) is 1. The van der Waals surface area contributed by atoms with Crippen LogP contribution in [0.4, 0.5) is 5.69 Å². The first-order valence-electron chi connectivity index (χ1n) is 9.67. The van der Waals surface area contributed by atoms with Gasteiger partial charge in [-0.05, 0) is 66.1 Å². The summed E-state index contributed by atoms with van der Waals surface area (Å²) in [5.74, 6) is 1.33. The Hall–Kier alpha value is -3.31. The third-order valence-electron chi connectivity index (χ3n) is 4.68. The van der Waals surface area contributed by atoms with Gasteiger partial charge in [-0.1, -0.05) is 37.6 Å². The van der Waals surface area contributed by atoms with Crippen LogP contribution in [-0.4, -0.2) is 17.5 Å². The summed E-state index contributed by atoms with van der Waals surface area (Å²) in [5.41, 5.74) is 4.14. The van der Waals surface area contributed by atoms with Crippen LogP contribution in [0.2, 0.25) is 5.02 Å². The number of benzene rings is 3. The third kappa shape index (κ3) is 4.63. The number of nitrogens with zero attached hydrogens (tertiary/aromatic N) is 1. The number of aromatic nitrogens is 1. The zero-order valence-electron chi connectivity index (χ0n) is 16.7. The maximum absolute atomic E-state index is 12.2. The van der Waals surface area contributed by atoms with Crippen molar-refractivity contribution in [3.05, 3.63) is 77.3 Å². The van der Waals surface area contributed by atoms with E-state index >= 15 is 0 Å². The van der Waals surface area contributed by atoms with Gasteiger partial charge in [-0.15, -0.1) is 0 Å². The van der Waals surface area contributed by atoms with Crippen LogP contribution < -0.4 is 10.1 Å². The van der Waals surface area contributed by atoms with Crippen LogP contribution >= 0.6 is 11.6 Å². The molecular weight excluding hydrogens is 400 g/mol. The van der Waals surface area contributed by atoms with E-state index in [1.165, 1.54) is 5.56 Å². The van der Waals surface area contributed by atoms with Crippen molar-refractivity contribution in [1.82, 2.24) is 4.98 Å². The van der Waals surface area contributed by atoms with Crippen molar-refractivity contribution in [1.29, 1.82) is 0 Å². The molecule has 0 saturated carbocycles. The van der Waals surface area contributed by atoms with E-state index in [2.05, 4.69) is 36.3 Å². The maximum atomic E-state index is 12.2. The number of fused-ring (bicyclic) bond motifs is 1. The quantitative estimate of drug-likeness (QED) is 0.398. The first-order valence-corrected chi connectivity index (χ1v) is 10.0. The first kappa shape index (κ1) is 20.0. The largest absolute Gasteiger partial charge is 0.484 e. The average Bonchev–Trinajstić information content (AvgIpc) is 3.17. The summed E-state index contributed by atoms with van der Waals surface area (Å²) in [7, 11) is 0. The molecule has 0 atom stereocenters. The summed E-state index contributed by atoms with van der Waals surface area (Å²) >= 11 is 5.84. The van der Waals surface area contributed by atoms with Gasteiger partial charge in [-0.3, -0.25) is 4.79 Å². The first-order chi connectivity index (χ1) is 14.5. The second-order valence-electron chi connectivity index (χ2n) is 7.27. The molecule has 0 spiro atoms. The molecule has 1 heterocycles. The van der Waals surface area contributed by atoms with Crippen LogP contribution in [0.15, 0.2) is 71.1 Å². The van der Waals surface area contributed by atoms with E-state index in [9.17, 15) is 4.79 Å². The molecule has 0 aliphatic heterocycles. The highest BCUT2D eigenvalue weighted by atomic mass is 35.5. The Balaban J connectivity index is 1.44. The lowest BCUT2D eigenvalue weighted by Gasteiger charge is -2.07. The van der Waals surface area contributed by atoms with Crippen molar-refractivity contribution in [3.8, 4) is 17.2 Å². The molecule has 0 radical (unpaired) electrons. The summed E-state index contributed by atoms with van der Waals surface area (Å²) in [4.78, 5) is 16.8. The molecule has 0 saturated heterocycles. The number of carbonyl (C=O) groups is 1. The molecule has 152 valence electrons. The zero-order valence-corrected chi connectivity index (χ0v) is 17.4. The molecule has 0 aliphatic carbocycles. The second kappa shape index (κ2) is 8.59. The Bertz CT molecular complexity index is 1170. The highest BCUT2D eigenvalue weighted by Gasteiger charge is 2.11. The summed E-state index contributed by atoms with van der Waals surface area (Å²) in [6.07, 6.45) is 0. The number of hydrogen-bond acceptors (Lipinski definition) is 4. The van der Waals surface area contributed by atoms with Crippen LogP contribution in [-0.2, 0) is 4.79 Å². The van der Waals surface area contributed by atoms with Crippen LogP contribution in [0.25, 0.3) is 22.6 Å². The highest BCUT2D eigenvalue weighted by Crippen LogP contribution is 2.27. The van der Waals surface area contributed by atoms with Gasteiger partial charge in [-0.2, -0.15) is 0 Å². The lowest BCUT2D eigenvalue weighted by Crippen LogP contribution is -2.20. The number of hydrogen-bond donors (Lipinski definition) is 1. The summed E-state index contributed by atoms with van der Waals surface area (Å²) in [6, 6.07) is 20.4. The monoisotopic (exact) mass is 420 g/mol. The van der Waals surface area contributed by atoms with Crippen LogP contribution in [0.5, 0.6) is 5.75 Å². The maximum Gasteiger partial charge on any atom is 0.262 e. The Labute approximate surface area is 179 Å². The van der Waals surface area contributed by atoms with E-state index in [1.807, 2.05) is 12.1 Å². The number of anilines is 1. The summed E-state index contributed by atoms with van der Waals surface area (Å²) < 4.78 is 11.3. The number of halogens is 1. The van der Waals surface area contributed by atoms with E-state index in [-0.39, 0.29) is 12.5 Å². The van der Waals surface area contributed by atoms with Crippen LogP contribution in [0, 0.1) is 0 Å². The molecule has 4 rings (SSSR count). The molecule has 4 aromatic rings. The minimum atomic E-state index is -0.266. The van der Waals surface area contributed by atoms with Crippen LogP contribution in [0.3, 0.4) is 0 Å². The Kier molecular flexibility index (Phi) is 5.72. The smallest absolute Gasteiger partial charge is 0.262 e. The van der Waals surface area contributed by atoms with Crippen molar-refractivity contribution in [2.75, 3.05) is 11.9 Å². The summed E-state index contributed by atoms with van der Waals surface area (Å²) in [6.45, 7) is 4.21. The van der Waals surface area contributed by atoms with Crippen molar-refractivity contribution in [3.63, 3.8) is 0 Å². The zero-order chi connectivity index (χ0) is 21.1. The number of oxazole rings is 1. The number of rotatable bonds is 6. The molecule has 1 N–H and O–H groups in total. The minimum absolute atomic E-state index is 0.105. The summed E-state index contributed by atoms with van der Waals surface area (Å²) in [5, 5.41) is 3.43. The van der Waals surface area contributed by atoms with E-state index in [4.69, 9.17) is 20.8 Å². The van der Waals surface area contributed by atoms with Crippen molar-refractivity contribution >= 4 is 34.3 Å². The topological polar surface area (TPSA) is 64.4 Å². The Morgan fingerprint density at radius 2 is 1.80 bits per heavy atom. The van der Waals surface area contributed by atoms with Crippen molar-refractivity contribution in [2.24, 2.45) is 0 Å². The number of ether oxygens (including phenoxy) is 1. The molecule has 0 unspecified atom stereocenters. The van der Waals surface area contributed by atoms with Gasteiger partial charge in [0, 0.05) is 16.3 Å². The fraction of sp³-hybridized carbons (Fsp3) is 0.167. The van der Waals surface area contributed by atoms with Gasteiger partial charge in [0.1, 0.15) is 11.3 Å². The predicted molar refractivity (Wildman–Crippen MR) is 119 cm³/mol. The predicted octanol–water partition coefficient (Wildman–Crippen LogP) is 6.29. The standard InChI is InChI=1S/C24H21ClN2O3/c1-15(2)16-3-5-17(6-4-16)24-27-21-13-19(9-12-22(21)30-24)26-23(28)14-29-20-10-7-18(25)8-11-20/h3-13,15H,14H2,1-2H3,(H,26,28). The SMILES string of the molecule is CC(C)c1ccc(-c2nc3cc(NC(=O)COc4ccc(Cl)cc4)ccc3o2)cc1. The fourth-order valence-electron chi connectivity index (χ4n) is 3.02. The number of amides is 1. The molecule has 0 fully saturated rings. The molecule has 3 aromatic carbocycles. The molecule has 0 bridgehead atoms. The lowest BCUT2D eigenvalue weighted by molar-refractivity contribution is -0.118. The third-order valence-corrected chi connectivity index (χ3v) is 4.93. The van der Waals surface area contributed by atoms with Gasteiger partial charge >= 0.3 is 0 Å². The van der Waals surface area contributed by atoms with Gasteiger partial charge in [0.05, 0.1) is 0 Å². The minimum Gasteiger partial charge on any atom is -0.484 e. The normalized spacial score (nSPS) is 11.1. The van der Waals surface area contributed by atoms with Gasteiger partial charge in [0.15, 0.2) is 12.2 Å². The Morgan fingerprint density at radius 3 is 2.50 bits per heavy atom.